The van der Waals surface area contributed by atoms with Crippen LogP contribution in [0.4, 0.5) is 8.78 Å². The fourth-order valence-corrected chi connectivity index (χ4v) is 2.36. The summed E-state index contributed by atoms with van der Waals surface area (Å²) in [7, 11) is -4.09. The van der Waals surface area contributed by atoms with Gasteiger partial charge in [0.25, 0.3) is 0 Å². The van der Waals surface area contributed by atoms with Gasteiger partial charge >= 0.3 is 0 Å². The Morgan fingerprint density at radius 2 is 1.94 bits per heavy atom. The number of rotatable bonds is 4. The molecule has 4 nitrogen and oxygen atoms in total. The summed E-state index contributed by atoms with van der Waals surface area (Å²) >= 11 is 0. The smallest absolute Gasteiger partial charge is 0.243 e. The van der Waals surface area contributed by atoms with Gasteiger partial charge < -0.3 is 5.73 Å². The number of benzene rings is 1. The molecule has 0 spiro atoms. The van der Waals surface area contributed by atoms with Gasteiger partial charge in [0.05, 0.1) is 0 Å². The van der Waals surface area contributed by atoms with Crippen molar-refractivity contribution in [3.8, 4) is 0 Å². The van der Waals surface area contributed by atoms with Crippen LogP contribution in [0.5, 0.6) is 0 Å². The Balaban J connectivity index is 3.02. The molecule has 0 heterocycles. The highest BCUT2D eigenvalue weighted by molar-refractivity contribution is 7.89. The molecule has 0 amide bonds. The molecule has 0 radical (unpaired) electrons. The van der Waals surface area contributed by atoms with Gasteiger partial charge in [-0.2, -0.15) is 0 Å². The zero-order valence-electron chi connectivity index (χ0n) is 9.50. The average Bonchev–Trinajstić information content (AvgIpc) is 2.18. The Morgan fingerprint density at radius 1 is 1.35 bits per heavy atom. The molecule has 17 heavy (non-hydrogen) atoms. The molecule has 3 N–H and O–H groups in total. The van der Waals surface area contributed by atoms with E-state index in [0.717, 1.165) is 18.2 Å². The largest absolute Gasteiger partial charge is 0.324 e. The highest BCUT2D eigenvalue weighted by Gasteiger charge is 2.23. The highest BCUT2D eigenvalue weighted by atomic mass is 32.2. The van der Waals surface area contributed by atoms with Crippen molar-refractivity contribution in [3.63, 3.8) is 0 Å². The summed E-state index contributed by atoms with van der Waals surface area (Å²) < 4.78 is 51.7. The summed E-state index contributed by atoms with van der Waals surface area (Å²) in [4.78, 5) is -0.721. The van der Waals surface area contributed by atoms with Crippen LogP contribution in [-0.4, -0.2) is 20.5 Å². The minimum absolute atomic E-state index is 0.0781. The molecule has 1 rings (SSSR count). The van der Waals surface area contributed by atoms with Crippen LogP contribution in [0, 0.1) is 11.6 Å². The molecular weight excluding hydrogens is 250 g/mol. The Morgan fingerprint density at radius 3 is 2.47 bits per heavy atom. The van der Waals surface area contributed by atoms with Crippen molar-refractivity contribution in [1.29, 1.82) is 0 Å². The van der Waals surface area contributed by atoms with Gasteiger partial charge in [0, 0.05) is 12.1 Å². The quantitative estimate of drug-likeness (QED) is 0.851. The normalized spacial score (nSPS) is 12.8. The average molecular weight is 264 g/mol. The van der Waals surface area contributed by atoms with Gasteiger partial charge in [-0.05, 0) is 26.0 Å². The minimum atomic E-state index is -4.09. The molecular formula is C10H14F2N2O2S. The van der Waals surface area contributed by atoms with Crippen LogP contribution in [0.25, 0.3) is 0 Å². The number of halogens is 2. The molecule has 0 saturated carbocycles. The summed E-state index contributed by atoms with van der Waals surface area (Å²) in [6, 6.07) is 2.96. The van der Waals surface area contributed by atoms with E-state index in [9.17, 15) is 17.2 Å². The van der Waals surface area contributed by atoms with Crippen molar-refractivity contribution < 1.29 is 17.2 Å². The lowest BCUT2D eigenvalue weighted by Gasteiger charge is -2.19. The number of sulfonamides is 1. The van der Waals surface area contributed by atoms with Crippen LogP contribution < -0.4 is 10.5 Å². The first-order valence-corrected chi connectivity index (χ1v) is 6.34. The predicted molar refractivity (Wildman–Crippen MR) is 59.8 cm³/mol. The van der Waals surface area contributed by atoms with Crippen molar-refractivity contribution >= 4 is 10.0 Å². The fraction of sp³-hybridized carbons (Fsp3) is 0.400. The molecule has 0 atom stereocenters. The molecule has 0 aliphatic carbocycles. The number of hydrogen-bond acceptors (Lipinski definition) is 3. The Kier molecular flexibility index (Phi) is 3.85. The van der Waals surface area contributed by atoms with Gasteiger partial charge in [0.15, 0.2) is 11.6 Å². The van der Waals surface area contributed by atoms with Gasteiger partial charge in [0.2, 0.25) is 10.0 Å². The maximum atomic E-state index is 13.3. The molecule has 0 bridgehead atoms. The highest BCUT2D eigenvalue weighted by Crippen LogP contribution is 2.16. The summed E-state index contributed by atoms with van der Waals surface area (Å²) in [5.74, 6) is -2.60. The molecule has 96 valence electrons. The third-order valence-electron chi connectivity index (χ3n) is 1.92. The monoisotopic (exact) mass is 264 g/mol. The first-order chi connectivity index (χ1) is 7.63. The first-order valence-electron chi connectivity index (χ1n) is 4.86. The standard InChI is InChI=1S/C10H14F2N2O2S/c1-10(2,13)6-14-17(15,16)8-5-3-4-7(11)9(8)12/h3-5,14H,6,13H2,1-2H3. The van der Waals surface area contributed by atoms with E-state index < -0.39 is 32.1 Å². The van der Waals surface area contributed by atoms with Crippen molar-refractivity contribution in [2.75, 3.05) is 6.54 Å². The van der Waals surface area contributed by atoms with Gasteiger partial charge in [0.1, 0.15) is 4.90 Å². The molecule has 1 aromatic rings. The minimum Gasteiger partial charge on any atom is -0.324 e. The van der Waals surface area contributed by atoms with E-state index >= 15 is 0 Å². The van der Waals surface area contributed by atoms with E-state index in [1.54, 1.807) is 13.8 Å². The third-order valence-corrected chi connectivity index (χ3v) is 3.34. The van der Waals surface area contributed by atoms with Crippen molar-refractivity contribution in [3.05, 3.63) is 29.8 Å². The van der Waals surface area contributed by atoms with E-state index in [-0.39, 0.29) is 6.54 Å². The first kappa shape index (κ1) is 14.0. The molecule has 0 saturated heterocycles. The zero-order chi connectivity index (χ0) is 13.3. The predicted octanol–water partition coefficient (Wildman–Crippen LogP) is 0.980. The van der Waals surface area contributed by atoms with Crippen LogP contribution in [0.2, 0.25) is 0 Å². The maximum absolute atomic E-state index is 13.3. The molecule has 1 aromatic carbocycles. The topological polar surface area (TPSA) is 72.2 Å². The maximum Gasteiger partial charge on any atom is 0.243 e. The lowest BCUT2D eigenvalue weighted by molar-refractivity contribution is 0.475. The van der Waals surface area contributed by atoms with Gasteiger partial charge in [-0.25, -0.2) is 21.9 Å². The van der Waals surface area contributed by atoms with Crippen molar-refractivity contribution in [2.24, 2.45) is 5.73 Å². The van der Waals surface area contributed by atoms with E-state index in [0.29, 0.717) is 0 Å². The second-order valence-electron chi connectivity index (χ2n) is 4.37. The molecule has 0 unspecified atom stereocenters. The second-order valence-corrected chi connectivity index (χ2v) is 6.10. The molecule has 0 aliphatic heterocycles. The summed E-state index contributed by atoms with van der Waals surface area (Å²) in [6.07, 6.45) is 0. The Labute approximate surface area is 98.9 Å². The Hall–Kier alpha value is -1.05. The summed E-state index contributed by atoms with van der Waals surface area (Å²) in [5, 5.41) is 0. The second kappa shape index (κ2) is 4.67. The third kappa shape index (κ3) is 3.72. The van der Waals surface area contributed by atoms with Gasteiger partial charge in [-0.1, -0.05) is 6.07 Å². The van der Waals surface area contributed by atoms with Crippen molar-refractivity contribution in [2.45, 2.75) is 24.3 Å². The SMILES string of the molecule is CC(C)(N)CNS(=O)(=O)c1cccc(F)c1F. The number of nitrogens with two attached hydrogens (primary N) is 1. The van der Waals surface area contributed by atoms with Gasteiger partial charge in [-0.3, -0.25) is 0 Å². The van der Waals surface area contributed by atoms with E-state index in [1.165, 1.54) is 0 Å². The van der Waals surface area contributed by atoms with E-state index in [4.69, 9.17) is 5.73 Å². The van der Waals surface area contributed by atoms with Crippen LogP contribution in [-0.2, 0) is 10.0 Å². The molecule has 7 heteroatoms. The van der Waals surface area contributed by atoms with E-state index in [1.807, 2.05) is 0 Å². The van der Waals surface area contributed by atoms with Crippen LogP contribution in [0.15, 0.2) is 23.1 Å². The van der Waals surface area contributed by atoms with Crippen molar-refractivity contribution in [1.82, 2.24) is 4.72 Å². The molecule has 0 aliphatic rings. The fourth-order valence-electron chi connectivity index (χ4n) is 1.05. The lowest BCUT2D eigenvalue weighted by Crippen LogP contribution is -2.45. The van der Waals surface area contributed by atoms with Crippen LogP contribution in [0.1, 0.15) is 13.8 Å². The van der Waals surface area contributed by atoms with E-state index in [2.05, 4.69) is 4.72 Å². The molecule has 0 fully saturated rings. The lowest BCUT2D eigenvalue weighted by atomic mass is 10.1. The number of hydrogen-bond donors (Lipinski definition) is 2. The zero-order valence-corrected chi connectivity index (χ0v) is 10.3. The number of nitrogens with one attached hydrogen (secondary N) is 1. The van der Waals surface area contributed by atoms with Crippen LogP contribution >= 0.6 is 0 Å². The summed E-state index contributed by atoms with van der Waals surface area (Å²) in [6.45, 7) is 3.14. The van der Waals surface area contributed by atoms with Crippen LogP contribution in [0.3, 0.4) is 0 Å². The summed E-state index contributed by atoms with van der Waals surface area (Å²) in [5.41, 5.74) is 4.81. The van der Waals surface area contributed by atoms with Gasteiger partial charge in [-0.15, -0.1) is 0 Å². The Bertz CT molecular complexity index is 510. The molecule has 0 aromatic heterocycles.